The van der Waals surface area contributed by atoms with E-state index in [1.807, 2.05) is 0 Å². The van der Waals surface area contributed by atoms with Gasteiger partial charge in [-0.25, -0.2) is 14.4 Å². The van der Waals surface area contributed by atoms with Crippen molar-refractivity contribution in [3.63, 3.8) is 0 Å². The van der Waals surface area contributed by atoms with Crippen LogP contribution in [0.5, 0.6) is 5.75 Å². The largest absolute Gasteiger partial charge is 0.496 e. The molecule has 7 rings (SSSR count). The number of rotatable bonds is 8. The van der Waals surface area contributed by atoms with E-state index in [9.17, 15) is 9.18 Å². The van der Waals surface area contributed by atoms with E-state index in [2.05, 4.69) is 43.8 Å². The van der Waals surface area contributed by atoms with Crippen LogP contribution in [0.3, 0.4) is 0 Å². The number of carbonyl (C=O) groups excluding carboxylic acids is 1. The number of benzene rings is 2. The van der Waals surface area contributed by atoms with Crippen LogP contribution in [0.2, 0.25) is 0 Å². The second kappa shape index (κ2) is 10.9. The Labute approximate surface area is 239 Å². The molecule has 3 atom stereocenters. The van der Waals surface area contributed by atoms with Gasteiger partial charge in [0.2, 0.25) is 0 Å². The van der Waals surface area contributed by atoms with Crippen molar-refractivity contribution in [3.05, 3.63) is 71.9 Å². The molecule has 2 aromatic heterocycles. The smallest absolute Gasteiger partial charge is 0.185 e. The molecule has 3 aliphatic rings. The molecule has 1 unspecified atom stereocenters. The second-order valence-electron chi connectivity index (χ2n) is 11.6. The molecule has 8 heteroatoms. The van der Waals surface area contributed by atoms with Crippen LogP contribution in [0, 0.1) is 11.7 Å². The van der Waals surface area contributed by atoms with Gasteiger partial charge in [-0.1, -0.05) is 12.1 Å². The van der Waals surface area contributed by atoms with Gasteiger partial charge < -0.3 is 18.9 Å². The van der Waals surface area contributed by atoms with Crippen molar-refractivity contribution < 1.29 is 18.7 Å². The third kappa shape index (κ3) is 4.88. The molecule has 7 nitrogen and oxygen atoms in total. The summed E-state index contributed by atoms with van der Waals surface area (Å²) >= 11 is 0. The van der Waals surface area contributed by atoms with Gasteiger partial charge in [0, 0.05) is 49.9 Å². The Morgan fingerprint density at radius 3 is 2.83 bits per heavy atom. The van der Waals surface area contributed by atoms with E-state index in [-0.39, 0.29) is 35.4 Å². The molecule has 1 aliphatic carbocycles. The highest BCUT2D eigenvalue weighted by Crippen LogP contribution is 2.44. The first kappa shape index (κ1) is 26.1. The molecule has 2 bridgehead atoms. The van der Waals surface area contributed by atoms with Gasteiger partial charge in [0.25, 0.3) is 0 Å². The average Bonchev–Trinajstić information content (AvgIpc) is 3.74. The van der Waals surface area contributed by atoms with Crippen LogP contribution in [0.15, 0.2) is 54.9 Å². The number of ether oxygens (including phenoxy) is 2. The van der Waals surface area contributed by atoms with Gasteiger partial charge in [0.15, 0.2) is 11.6 Å². The predicted molar refractivity (Wildman–Crippen MR) is 156 cm³/mol. The fourth-order valence-electron chi connectivity index (χ4n) is 7.10. The Balaban J connectivity index is 1.23. The molecule has 2 saturated heterocycles. The number of Topliss-reactive ketones (excluding diaryl/α,β-unsaturated/α-hetero) is 1. The van der Waals surface area contributed by atoms with E-state index in [0.717, 1.165) is 44.0 Å². The van der Waals surface area contributed by atoms with Crippen LogP contribution in [-0.2, 0) is 17.7 Å². The van der Waals surface area contributed by atoms with Crippen LogP contribution >= 0.6 is 0 Å². The Kier molecular flexibility index (Phi) is 6.95. The third-order valence-corrected chi connectivity index (χ3v) is 9.09. The first-order valence-electron chi connectivity index (χ1n) is 14.8. The molecule has 0 amide bonds. The molecule has 212 valence electrons. The van der Waals surface area contributed by atoms with Crippen molar-refractivity contribution in [1.82, 2.24) is 14.5 Å². The van der Waals surface area contributed by atoms with Gasteiger partial charge >= 0.3 is 0 Å². The third-order valence-electron chi connectivity index (χ3n) is 9.09. The van der Waals surface area contributed by atoms with Crippen LogP contribution in [-0.4, -0.2) is 52.7 Å². The fraction of sp³-hybridized carbons (Fsp3) is 0.424. The Hall–Kier alpha value is -3.78. The number of hydrogen-bond donors (Lipinski definition) is 0. The highest BCUT2D eigenvalue weighted by atomic mass is 19.1. The number of methoxy groups -OCH3 is 1. The van der Waals surface area contributed by atoms with Crippen molar-refractivity contribution in [2.45, 2.75) is 63.6 Å². The van der Waals surface area contributed by atoms with Gasteiger partial charge in [-0.3, -0.25) is 4.79 Å². The number of carbonyl (C=O) groups is 1. The topological polar surface area (TPSA) is 69.5 Å². The summed E-state index contributed by atoms with van der Waals surface area (Å²) in [6.45, 7) is 2.72. The minimum Gasteiger partial charge on any atom is -0.496 e. The van der Waals surface area contributed by atoms with E-state index < -0.39 is 5.82 Å². The van der Waals surface area contributed by atoms with E-state index in [0.29, 0.717) is 11.8 Å². The molecule has 1 saturated carbocycles. The fourth-order valence-corrected chi connectivity index (χ4v) is 7.10. The van der Waals surface area contributed by atoms with Gasteiger partial charge in [-0.05, 0) is 80.3 Å². The molecule has 2 aliphatic heterocycles. The number of aromatic nitrogens is 3. The molecule has 0 spiro atoms. The molecule has 4 aromatic rings. The highest BCUT2D eigenvalue weighted by Gasteiger charge is 2.39. The van der Waals surface area contributed by atoms with Crippen LogP contribution in [0.4, 0.5) is 10.1 Å². The summed E-state index contributed by atoms with van der Waals surface area (Å²) in [6.07, 6.45) is 11.3. The SMILES string of the molecule is COc1cccc(F)c1-c1nccc(C(=O)Cc2ccc3c(ccn3CC3CCCCO3)c2N2C[C@H]3CC[C@@H]2C3)n1. The molecule has 3 fully saturated rings. The summed E-state index contributed by atoms with van der Waals surface area (Å²) in [5.41, 5.74) is 3.79. The first-order valence-corrected chi connectivity index (χ1v) is 14.8. The van der Waals surface area contributed by atoms with Crippen molar-refractivity contribution in [3.8, 4) is 17.1 Å². The maximum atomic E-state index is 14.7. The molecule has 41 heavy (non-hydrogen) atoms. The lowest BCUT2D eigenvalue weighted by molar-refractivity contribution is 0.00670. The summed E-state index contributed by atoms with van der Waals surface area (Å²) in [7, 11) is 1.48. The van der Waals surface area contributed by atoms with Crippen LogP contribution < -0.4 is 9.64 Å². The molecule has 0 N–H and O–H groups in total. The monoisotopic (exact) mass is 554 g/mol. The van der Waals surface area contributed by atoms with Crippen molar-refractivity contribution >= 4 is 22.4 Å². The minimum absolute atomic E-state index is 0.121. The molecule has 2 aromatic carbocycles. The standard InChI is InChI=1S/C33H35FN4O3/c1-40-30-7-4-6-26(34)31(30)33-35-14-12-27(36-33)29(39)18-22-9-11-28-25(32(22)38-19-21-8-10-23(38)17-21)13-15-37(28)20-24-5-2-3-16-41-24/h4,6-7,9,11-15,21,23-24H,2-3,5,8,10,16-20H2,1H3/t21-,23+,24?/m0/s1. The highest BCUT2D eigenvalue weighted by molar-refractivity contribution is 6.01. The van der Waals surface area contributed by atoms with E-state index in [4.69, 9.17) is 9.47 Å². The average molecular weight is 555 g/mol. The van der Waals surface area contributed by atoms with E-state index in [1.54, 1.807) is 18.2 Å². The summed E-state index contributed by atoms with van der Waals surface area (Å²) in [6, 6.07) is 13.2. The Morgan fingerprint density at radius 2 is 2.05 bits per heavy atom. The molecule has 4 heterocycles. The summed E-state index contributed by atoms with van der Waals surface area (Å²) in [4.78, 5) is 25.0. The first-order chi connectivity index (χ1) is 20.1. The lowest BCUT2D eigenvalue weighted by Gasteiger charge is -2.32. The summed E-state index contributed by atoms with van der Waals surface area (Å²) in [5.74, 6) is 0.574. The maximum absolute atomic E-state index is 14.7. The number of nitrogens with zero attached hydrogens (tertiary/aromatic N) is 4. The minimum atomic E-state index is -0.492. The number of anilines is 1. The number of hydrogen-bond acceptors (Lipinski definition) is 6. The number of ketones is 1. The molecule has 0 radical (unpaired) electrons. The quantitative estimate of drug-likeness (QED) is 0.241. The van der Waals surface area contributed by atoms with Crippen LogP contribution in [0.25, 0.3) is 22.3 Å². The molecular weight excluding hydrogens is 519 g/mol. The zero-order chi connectivity index (χ0) is 27.9. The number of piperidine rings is 1. The zero-order valence-electron chi connectivity index (χ0n) is 23.4. The van der Waals surface area contributed by atoms with Crippen molar-refractivity contribution in [2.24, 2.45) is 5.92 Å². The van der Waals surface area contributed by atoms with Gasteiger partial charge in [0.1, 0.15) is 17.3 Å². The lowest BCUT2D eigenvalue weighted by Crippen LogP contribution is -2.33. The summed E-state index contributed by atoms with van der Waals surface area (Å²) in [5, 5.41) is 1.19. The number of halogens is 1. The maximum Gasteiger partial charge on any atom is 0.185 e. The Morgan fingerprint density at radius 1 is 1.12 bits per heavy atom. The van der Waals surface area contributed by atoms with Gasteiger partial charge in [0.05, 0.1) is 30.0 Å². The van der Waals surface area contributed by atoms with E-state index >= 15 is 0 Å². The normalized spacial score (nSPS) is 22.0. The second-order valence-corrected chi connectivity index (χ2v) is 11.6. The number of fused-ring (bicyclic) bond motifs is 3. The van der Waals surface area contributed by atoms with E-state index in [1.165, 1.54) is 61.6 Å². The summed E-state index contributed by atoms with van der Waals surface area (Å²) < 4.78 is 28.4. The van der Waals surface area contributed by atoms with Crippen molar-refractivity contribution in [1.29, 1.82) is 0 Å². The van der Waals surface area contributed by atoms with Gasteiger partial charge in [-0.2, -0.15) is 0 Å². The zero-order valence-corrected chi connectivity index (χ0v) is 23.4. The van der Waals surface area contributed by atoms with Crippen molar-refractivity contribution in [2.75, 3.05) is 25.2 Å². The van der Waals surface area contributed by atoms with Crippen LogP contribution in [0.1, 0.15) is 54.6 Å². The predicted octanol–water partition coefficient (Wildman–Crippen LogP) is 6.23. The Bertz CT molecular complexity index is 1590. The lowest BCUT2D eigenvalue weighted by atomic mass is 9.99. The van der Waals surface area contributed by atoms with Gasteiger partial charge in [-0.15, -0.1) is 0 Å². The molecular formula is C33H35FN4O3.